The third-order valence-corrected chi connectivity index (χ3v) is 1.41. The van der Waals surface area contributed by atoms with Crippen LogP contribution in [-0.2, 0) is 0 Å². The lowest BCUT2D eigenvalue weighted by atomic mass is 10.1. The van der Waals surface area contributed by atoms with Crippen LogP contribution in [0, 0.1) is 0 Å². The number of halogens is 1. The number of allylic oxidation sites excluding steroid dienone is 5. The monoisotopic (exact) mass is 140 g/mol. The maximum atomic E-state index is 11.8. The molecule has 0 heterocycles. The van der Waals surface area contributed by atoms with Crippen LogP contribution in [0.4, 0.5) is 4.39 Å². The van der Waals surface area contributed by atoms with Gasteiger partial charge in [-0.3, -0.25) is 0 Å². The average Bonchev–Trinajstić information content (AvgIpc) is 1.99. The Kier molecular flexibility index (Phi) is 4.55. The Bertz CT molecular complexity index is 164. The van der Waals surface area contributed by atoms with Gasteiger partial charge in [-0.1, -0.05) is 18.7 Å². The van der Waals surface area contributed by atoms with Crippen LogP contribution in [-0.4, -0.2) is 6.67 Å². The number of hydrogen-bond acceptors (Lipinski definition) is 0. The molecule has 0 saturated carbocycles. The summed E-state index contributed by atoms with van der Waals surface area (Å²) in [5.41, 5.74) is 1.94. The quantitative estimate of drug-likeness (QED) is 0.528. The number of hydrogen-bond donors (Lipinski definition) is 0. The molecule has 0 radical (unpaired) electrons. The Morgan fingerprint density at radius 2 is 2.20 bits per heavy atom. The third kappa shape index (κ3) is 2.62. The smallest absolute Gasteiger partial charge is 0.108 e. The molecule has 0 nitrogen and oxygen atoms in total. The highest BCUT2D eigenvalue weighted by molar-refractivity contribution is 5.36. The maximum absolute atomic E-state index is 11.8. The summed E-state index contributed by atoms with van der Waals surface area (Å²) in [5.74, 6) is 0. The third-order valence-electron chi connectivity index (χ3n) is 1.41. The summed E-state index contributed by atoms with van der Waals surface area (Å²) in [7, 11) is 0. The van der Waals surface area contributed by atoms with Gasteiger partial charge in [0.25, 0.3) is 0 Å². The molecule has 0 aromatic carbocycles. The molecule has 1 heteroatoms. The van der Waals surface area contributed by atoms with Gasteiger partial charge in [-0.05, 0) is 31.1 Å². The van der Waals surface area contributed by atoms with E-state index in [1.165, 1.54) is 6.08 Å². The predicted molar refractivity (Wildman–Crippen MR) is 43.7 cm³/mol. The Hall–Kier alpha value is -0.850. The molecule has 0 fully saturated rings. The molecule has 56 valence electrons. The first kappa shape index (κ1) is 9.15. The summed E-state index contributed by atoms with van der Waals surface area (Å²) in [5, 5.41) is 0. The standard InChI is InChI=1S/C9H13F/c1-4-8(3)9(5-2)6-7-10/h4-6H,2,7H2,1,3H3. The SMILES string of the molecule is C=CC(=CCF)C(C)=CC. The van der Waals surface area contributed by atoms with Crippen LogP contribution in [0.25, 0.3) is 0 Å². The maximum Gasteiger partial charge on any atom is 0.108 e. The van der Waals surface area contributed by atoms with E-state index in [4.69, 9.17) is 0 Å². The van der Waals surface area contributed by atoms with Crippen LogP contribution in [0.2, 0.25) is 0 Å². The van der Waals surface area contributed by atoms with Gasteiger partial charge in [0.2, 0.25) is 0 Å². The molecule has 0 spiro atoms. The van der Waals surface area contributed by atoms with Gasteiger partial charge >= 0.3 is 0 Å². The van der Waals surface area contributed by atoms with Crippen molar-refractivity contribution in [1.29, 1.82) is 0 Å². The highest BCUT2D eigenvalue weighted by Gasteiger charge is 1.90. The first-order valence-corrected chi connectivity index (χ1v) is 3.28. The van der Waals surface area contributed by atoms with Crippen molar-refractivity contribution in [3.05, 3.63) is 36.0 Å². The molecule has 0 saturated heterocycles. The van der Waals surface area contributed by atoms with E-state index in [0.29, 0.717) is 0 Å². The highest BCUT2D eigenvalue weighted by atomic mass is 19.1. The molecule has 0 atom stereocenters. The summed E-state index contributed by atoms with van der Waals surface area (Å²) in [6, 6.07) is 0. The van der Waals surface area contributed by atoms with Gasteiger partial charge in [-0.25, -0.2) is 4.39 Å². The fourth-order valence-electron chi connectivity index (χ4n) is 0.655. The fraction of sp³-hybridized carbons (Fsp3) is 0.333. The van der Waals surface area contributed by atoms with Gasteiger partial charge in [-0.2, -0.15) is 0 Å². The molecule has 10 heavy (non-hydrogen) atoms. The van der Waals surface area contributed by atoms with Crippen LogP contribution in [0.1, 0.15) is 13.8 Å². The van der Waals surface area contributed by atoms with E-state index < -0.39 is 6.67 Å². The molecule has 0 amide bonds. The second kappa shape index (κ2) is 4.98. The number of rotatable bonds is 3. The van der Waals surface area contributed by atoms with E-state index >= 15 is 0 Å². The lowest BCUT2D eigenvalue weighted by molar-refractivity contribution is 0.560. The zero-order chi connectivity index (χ0) is 7.98. The minimum Gasteiger partial charge on any atom is -0.247 e. The molecular formula is C9H13F. The first-order valence-electron chi connectivity index (χ1n) is 3.28. The lowest BCUT2D eigenvalue weighted by Gasteiger charge is -1.98. The second-order valence-corrected chi connectivity index (χ2v) is 1.99. The zero-order valence-electron chi connectivity index (χ0n) is 6.52. The lowest BCUT2D eigenvalue weighted by Crippen LogP contribution is -1.80. The van der Waals surface area contributed by atoms with E-state index in [2.05, 4.69) is 6.58 Å². The van der Waals surface area contributed by atoms with Crippen molar-refractivity contribution in [3.8, 4) is 0 Å². The molecule has 0 unspecified atom stereocenters. The summed E-state index contributed by atoms with van der Waals surface area (Å²) in [4.78, 5) is 0. The van der Waals surface area contributed by atoms with E-state index in [1.807, 2.05) is 19.9 Å². The van der Waals surface area contributed by atoms with Crippen LogP contribution in [0.5, 0.6) is 0 Å². The van der Waals surface area contributed by atoms with Crippen molar-refractivity contribution in [2.75, 3.05) is 6.67 Å². The Morgan fingerprint density at radius 1 is 1.60 bits per heavy atom. The molecule has 0 aromatic heterocycles. The Balaban J connectivity index is 4.35. The van der Waals surface area contributed by atoms with Crippen molar-refractivity contribution in [1.82, 2.24) is 0 Å². The Labute approximate surface area is 61.8 Å². The molecule has 0 aliphatic carbocycles. The van der Waals surface area contributed by atoms with Crippen molar-refractivity contribution in [3.63, 3.8) is 0 Å². The van der Waals surface area contributed by atoms with Gasteiger partial charge in [0.1, 0.15) is 6.67 Å². The topological polar surface area (TPSA) is 0 Å². The van der Waals surface area contributed by atoms with Gasteiger partial charge in [0.15, 0.2) is 0 Å². The fourth-order valence-corrected chi connectivity index (χ4v) is 0.655. The van der Waals surface area contributed by atoms with Crippen LogP contribution in [0.3, 0.4) is 0 Å². The normalized spacial score (nSPS) is 13.5. The van der Waals surface area contributed by atoms with Crippen molar-refractivity contribution < 1.29 is 4.39 Å². The molecule has 0 N–H and O–H groups in total. The molecular weight excluding hydrogens is 127 g/mol. The van der Waals surface area contributed by atoms with Gasteiger partial charge < -0.3 is 0 Å². The van der Waals surface area contributed by atoms with E-state index in [0.717, 1.165) is 11.1 Å². The predicted octanol–water partition coefficient (Wildman–Crippen LogP) is 3.03. The molecule has 0 rings (SSSR count). The van der Waals surface area contributed by atoms with Crippen molar-refractivity contribution in [2.24, 2.45) is 0 Å². The van der Waals surface area contributed by atoms with Crippen molar-refractivity contribution in [2.45, 2.75) is 13.8 Å². The van der Waals surface area contributed by atoms with Crippen LogP contribution >= 0.6 is 0 Å². The van der Waals surface area contributed by atoms with E-state index in [-0.39, 0.29) is 0 Å². The Morgan fingerprint density at radius 3 is 2.50 bits per heavy atom. The average molecular weight is 140 g/mol. The van der Waals surface area contributed by atoms with Crippen LogP contribution in [0.15, 0.2) is 36.0 Å². The summed E-state index contributed by atoms with van der Waals surface area (Å²) in [6.07, 6.45) is 5.11. The second-order valence-electron chi connectivity index (χ2n) is 1.99. The van der Waals surface area contributed by atoms with Gasteiger partial charge in [-0.15, -0.1) is 0 Å². The van der Waals surface area contributed by atoms with Gasteiger partial charge in [0, 0.05) is 0 Å². The molecule has 0 aromatic rings. The largest absolute Gasteiger partial charge is 0.247 e. The minimum atomic E-state index is -0.424. The first-order chi connectivity index (χ1) is 4.76. The number of alkyl halides is 1. The van der Waals surface area contributed by atoms with Gasteiger partial charge in [0.05, 0.1) is 0 Å². The summed E-state index contributed by atoms with van der Waals surface area (Å²) in [6.45, 7) is 7.00. The van der Waals surface area contributed by atoms with E-state index in [9.17, 15) is 4.39 Å². The van der Waals surface area contributed by atoms with E-state index in [1.54, 1.807) is 6.08 Å². The highest BCUT2D eigenvalue weighted by Crippen LogP contribution is 2.08. The molecule has 0 aliphatic rings. The summed E-state index contributed by atoms with van der Waals surface area (Å²) >= 11 is 0. The molecule has 0 aliphatic heterocycles. The van der Waals surface area contributed by atoms with Crippen molar-refractivity contribution >= 4 is 0 Å². The zero-order valence-corrected chi connectivity index (χ0v) is 6.52. The minimum absolute atomic E-state index is 0.424. The summed E-state index contributed by atoms with van der Waals surface area (Å²) < 4.78 is 11.8. The van der Waals surface area contributed by atoms with Crippen LogP contribution < -0.4 is 0 Å². The molecule has 0 bridgehead atoms.